The minimum Gasteiger partial charge on any atom is -0.460 e. The number of halogens is 1. The molecule has 5 nitrogen and oxygen atoms in total. The molecule has 148 valence electrons. The molecule has 6 heteroatoms. The van der Waals surface area contributed by atoms with Crippen LogP contribution in [0.15, 0.2) is 66.7 Å². The molecule has 3 heterocycles. The lowest BCUT2D eigenvalue weighted by Crippen LogP contribution is -2.39. The maximum absolute atomic E-state index is 13.2. The van der Waals surface area contributed by atoms with Crippen LogP contribution in [0.1, 0.15) is 11.1 Å². The average molecular weight is 393 g/mol. The number of nitrogens with zero attached hydrogens (tertiary/aromatic N) is 1. The molecule has 4 atom stereocenters. The molecule has 0 radical (unpaired) electrons. The minimum absolute atomic E-state index is 0.122. The van der Waals surface area contributed by atoms with Gasteiger partial charge in [0.1, 0.15) is 23.9 Å². The summed E-state index contributed by atoms with van der Waals surface area (Å²) in [5.41, 5.74) is 0.946. The lowest BCUT2D eigenvalue weighted by molar-refractivity contribution is -0.155. The molecule has 0 aromatic heterocycles. The van der Waals surface area contributed by atoms with Crippen molar-refractivity contribution in [2.45, 2.75) is 24.9 Å². The van der Waals surface area contributed by atoms with Gasteiger partial charge in [-0.25, -0.2) is 4.39 Å². The topological polar surface area (TPSA) is 55.8 Å². The van der Waals surface area contributed by atoms with E-state index in [9.17, 15) is 14.0 Å². The van der Waals surface area contributed by atoms with Crippen molar-refractivity contribution in [3.8, 4) is 0 Å². The van der Waals surface area contributed by atoms with E-state index in [1.54, 1.807) is 17.0 Å². The number of benzene rings is 2. The van der Waals surface area contributed by atoms with E-state index in [0.717, 1.165) is 11.1 Å². The van der Waals surface area contributed by atoms with Crippen molar-refractivity contribution in [1.82, 2.24) is 4.90 Å². The fraction of sp³-hybridized carbons (Fsp3) is 0.304. The predicted molar refractivity (Wildman–Crippen MR) is 102 cm³/mol. The van der Waals surface area contributed by atoms with Crippen LogP contribution < -0.4 is 0 Å². The third-order valence-corrected chi connectivity index (χ3v) is 5.96. The lowest BCUT2D eigenvalue weighted by atomic mass is 9.77. The van der Waals surface area contributed by atoms with E-state index in [1.807, 2.05) is 42.5 Å². The number of fused-ring (bicyclic) bond motifs is 1. The van der Waals surface area contributed by atoms with E-state index in [1.165, 1.54) is 12.1 Å². The second-order valence-corrected chi connectivity index (χ2v) is 7.81. The van der Waals surface area contributed by atoms with Gasteiger partial charge in [-0.05, 0) is 23.3 Å². The molecule has 2 aromatic carbocycles. The van der Waals surface area contributed by atoms with E-state index in [-0.39, 0.29) is 18.3 Å². The predicted octanol–water partition coefficient (Wildman–Crippen LogP) is 2.85. The van der Waals surface area contributed by atoms with Crippen LogP contribution in [-0.4, -0.2) is 35.0 Å². The molecule has 0 unspecified atom stereocenters. The number of hydrogen-bond donors (Lipinski definition) is 0. The molecule has 29 heavy (non-hydrogen) atoms. The number of amides is 1. The maximum Gasteiger partial charge on any atom is 0.313 e. The molecule has 3 aliphatic rings. The van der Waals surface area contributed by atoms with Crippen LogP contribution in [0.5, 0.6) is 0 Å². The number of carbonyl (C=O) groups is 2. The Morgan fingerprint density at radius 2 is 1.90 bits per heavy atom. The van der Waals surface area contributed by atoms with Crippen LogP contribution in [0, 0.1) is 17.7 Å². The van der Waals surface area contributed by atoms with Gasteiger partial charge in [0.05, 0.1) is 18.6 Å². The van der Waals surface area contributed by atoms with Crippen molar-refractivity contribution in [1.29, 1.82) is 0 Å². The van der Waals surface area contributed by atoms with Crippen LogP contribution in [0.25, 0.3) is 0 Å². The Kier molecular flexibility index (Phi) is 4.24. The quantitative estimate of drug-likeness (QED) is 0.579. The van der Waals surface area contributed by atoms with E-state index >= 15 is 0 Å². The molecule has 0 N–H and O–H groups in total. The van der Waals surface area contributed by atoms with Gasteiger partial charge in [0.25, 0.3) is 0 Å². The SMILES string of the molecule is O=C(OCc1ccccc1)[C@H]1[C@@H]2C=C[C@]3(CN(Cc4ccc(F)cc4)C(=O)[C@H]13)O2. The monoisotopic (exact) mass is 393 g/mol. The zero-order valence-corrected chi connectivity index (χ0v) is 15.7. The molecule has 2 bridgehead atoms. The first-order valence-electron chi connectivity index (χ1n) is 9.67. The Labute approximate surface area is 167 Å². The highest BCUT2D eigenvalue weighted by Gasteiger charge is 2.67. The number of ether oxygens (including phenoxy) is 2. The molecule has 1 spiro atoms. The van der Waals surface area contributed by atoms with Gasteiger partial charge < -0.3 is 14.4 Å². The van der Waals surface area contributed by atoms with E-state index in [4.69, 9.17) is 9.47 Å². The highest BCUT2D eigenvalue weighted by atomic mass is 19.1. The summed E-state index contributed by atoms with van der Waals surface area (Å²) < 4.78 is 24.8. The Bertz CT molecular complexity index is 974. The van der Waals surface area contributed by atoms with Crippen LogP contribution in [0.4, 0.5) is 4.39 Å². The molecule has 3 aliphatic heterocycles. The maximum atomic E-state index is 13.2. The molecule has 0 aliphatic carbocycles. The van der Waals surface area contributed by atoms with Gasteiger partial charge in [0, 0.05) is 6.54 Å². The van der Waals surface area contributed by atoms with E-state index < -0.39 is 29.5 Å². The standard InChI is InChI=1S/C23H20FNO4/c24-17-8-6-15(7-9-17)12-25-14-23-11-10-18(29-23)19(20(23)21(25)26)22(27)28-13-16-4-2-1-3-5-16/h1-11,18-20H,12-14H2/t18-,19-,20-,23+/m0/s1. The van der Waals surface area contributed by atoms with Crippen LogP contribution in [-0.2, 0) is 32.2 Å². The molecular weight excluding hydrogens is 373 g/mol. The number of esters is 1. The summed E-state index contributed by atoms with van der Waals surface area (Å²) in [6.45, 7) is 0.897. The van der Waals surface area contributed by atoms with Gasteiger partial charge >= 0.3 is 5.97 Å². The van der Waals surface area contributed by atoms with Crippen molar-refractivity contribution in [3.05, 3.63) is 83.7 Å². The highest BCUT2D eigenvalue weighted by molar-refractivity contribution is 5.91. The molecule has 5 rings (SSSR count). The van der Waals surface area contributed by atoms with Crippen molar-refractivity contribution in [2.24, 2.45) is 11.8 Å². The molecular formula is C23H20FNO4. The number of hydrogen-bond acceptors (Lipinski definition) is 4. The van der Waals surface area contributed by atoms with Crippen molar-refractivity contribution in [2.75, 3.05) is 6.54 Å². The zero-order valence-electron chi connectivity index (χ0n) is 15.7. The summed E-state index contributed by atoms with van der Waals surface area (Å²) in [6, 6.07) is 15.5. The van der Waals surface area contributed by atoms with Crippen molar-refractivity contribution < 1.29 is 23.5 Å². The summed E-state index contributed by atoms with van der Waals surface area (Å²) in [6.07, 6.45) is 3.34. The molecule has 0 saturated carbocycles. The fourth-order valence-electron chi connectivity index (χ4n) is 4.62. The van der Waals surface area contributed by atoms with E-state index in [0.29, 0.717) is 13.1 Å². The number of rotatable bonds is 5. The summed E-state index contributed by atoms with van der Waals surface area (Å²) in [5, 5.41) is 0. The summed E-state index contributed by atoms with van der Waals surface area (Å²) in [4.78, 5) is 27.7. The Morgan fingerprint density at radius 1 is 1.14 bits per heavy atom. The smallest absolute Gasteiger partial charge is 0.313 e. The van der Waals surface area contributed by atoms with Crippen LogP contribution in [0.3, 0.4) is 0 Å². The second-order valence-electron chi connectivity index (χ2n) is 7.81. The average Bonchev–Trinajstić information content (AvgIpc) is 3.37. The van der Waals surface area contributed by atoms with E-state index in [2.05, 4.69) is 0 Å². The Balaban J connectivity index is 1.32. The zero-order chi connectivity index (χ0) is 20.0. The highest BCUT2D eigenvalue weighted by Crippen LogP contribution is 2.52. The Morgan fingerprint density at radius 3 is 2.66 bits per heavy atom. The van der Waals surface area contributed by atoms with Crippen LogP contribution in [0.2, 0.25) is 0 Å². The first-order valence-corrected chi connectivity index (χ1v) is 9.67. The first kappa shape index (κ1) is 18.1. The fourth-order valence-corrected chi connectivity index (χ4v) is 4.62. The Hall–Kier alpha value is -2.99. The molecule has 2 saturated heterocycles. The summed E-state index contributed by atoms with van der Waals surface area (Å²) in [5.74, 6) is -2.08. The normalized spacial score (nSPS) is 29.3. The second kappa shape index (κ2) is 6.81. The van der Waals surface area contributed by atoms with Gasteiger partial charge in [-0.2, -0.15) is 0 Å². The van der Waals surface area contributed by atoms with Gasteiger partial charge in [0.15, 0.2) is 0 Å². The van der Waals surface area contributed by atoms with Crippen molar-refractivity contribution in [3.63, 3.8) is 0 Å². The lowest BCUT2D eigenvalue weighted by Gasteiger charge is -2.22. The molecule has 2 aromatic rings. The third-order valence-electron chi connectivity index (χ3n) is 5.96. The molecule has 1 amide bonds. The molecule has 2 fully saturated rings. The third kappa shape index (κ3) is 3.04. The number of carbonyl (C=O) groups excluding carboxylic acids is 2. The largest absolute Gasteiger partial charge is 0.460 e. The van der Waals surface area contributed by atoms with Gasteiger partial charge in [-0.15, -0.1) is 0 Å². The van der Waals surface area contributed by atoms with Crippen molar-refractivity contribution >= 4 is 11.9 Å². The van der Waals surface area contributed by atoms with Gasteiger partial charge in [-0.1, -0.05) is 54.6 Å². The van der Waals surface area contributed by atoms with Gasteiger partial charge in [0.2, 0.25) is 5.91 Å². The minimum atomic E-state index is -0.780. The number of likely N-dealkylation sites (tertiary alicyclic amines) is 1. The van der Waals surface area contributed by atoms with Crippen LogP contribution >= 0.6 is 0 Å². The first-order chi connectivity index (χ1) is 14.1. The van der Waals surface area contributed by atoms with Gasteiger partial charge in [-0.3, -0.25) is 9.59 Å². The summed E-state index contributed by atoms with van der Waals surface area (Å²) >= 11 is 0. The summed E-state index contributed by atoms with van der Waals surface area (Å²) in [7, 11) is 0.